The highest BCUT2D eigenvalue weighted by Crippen LogP contribution is 2.26. The summed E-state index contributed by atoms with van der Waals surface area (Å²) >= 11 is 0. The van der Waals surface area contributed by atoms with E-state index in [1.165, 1.54) is 23.2 Å². The number of benzene rings is 1. The average Bonchev–Trinajstić information content (AvgIpc) is 2.53. The van der Waals surface area contributed by atoms with Crippen LogP contribution in [0, 0.1) is 5.92 Å². The lowest BCUT2D eigenvalue weighted by atomic mass is 9.99. The second-order valence-electron chi connectivity index (χ2n) is 6.31. The Morgan fingerprint density at radius 3 is 3.00 bits per heavy atom. The van der Waals surface area contributed by atoms with Gasteiger partial charge in [-0.1, -0.05) is 25.1 Å². The molecule has 2 N–H and O–H groups in total. The van der Waals surface area contributed by atoms with E-state index >= 15 is 0 Å². The fourth-order valence-electron chi connectivity index (χ4n) is 3.22. The van der Waals surface area contributed by atoms with E-state index in [1.807, 2.05) is 4.90 Å². The Balaban J connectivity index is 1.59. The number of urea groups is 1. The smallest absolute Gasteiger partial charge is 0.317 e. The molecule has 1 aromatic carbocycles. The minimum Gasteiger partial charge on any atom is -0.385 e. The zero-order valence-corrected chi connectivity index (χ0v) is 12.8. The number of para-hydroxylation sites is 1. The van der Waals surface area contributed by atoms with Crippen LogP contribution in [0.3, 0.4) is 0 Å². The van der Waals surface area contributed by atoms with Crippen LogP contribution in [0.2, 0.25) is 0 Å². The Kier molecular flexibility index (Phi) is 4.32. The van der Waals surface area contributed by atoms with Crippen LogP contribution in [0.15, 0.2) is 18.2 Å². The molecule has 0 saturated carbocycles. The lowest BCUT2D eigenvalue weighted by molar-refractivity contribution is 0.173. The van der Waals surface area contributed by atoms with Gasteiger partial charge in [-0.2, -0.15) is 0 Å². The van der Waals surface area contributed by atoms with Gasteiger partial charge in [0, 0.05) is 31.9 Å². The Morgan fingerprint density at radius 1 is 1.38 bits per heavy atom. The summed E-state index contributed by atoms with van der Waals surface area (Å²) in [7, 11) is 0. The number of nitrogens with zero attached hydrogens (tertiary/aromatic N) is 1. The molecule has 4 nitrogen and oxygen atoms in total. The Labute approximate surface area is 126 Å². The van der Waals surface area contributed by atoms with E-state index in [2.05, 4.69) is 35.8 Å². The van der Waals surface area contributed by atoms with Crippen molar-refractivity contribution < 1.29 is 4.79 Å². The molecular weight excluding hydrogens is 262 g/mol. The van der Waals surface area contributed by atoms with E-state index in [-0.39, 0.29) is 6.03 Å². The minimum absolute atomic E-state index is 0.0790. The molecule has 1 fully saturated rings. The predicted molar refractivity (Wildman–Crippen MR) is 85.5 cm³/mol. The van der Waals surface area contributed by atoms with E-state index in [0.29, 0.717) is 6.54 Å². The molecular formula is C17H25N3O. The Morgan fingerprint density at radius 2 is 2.19 bits per heavy atom. The lowest BCUT2D eigenvalue weighted by Crippen LogP contribution is -2.43. The van der Waals surface area contributed by atoms with E-state index in [0.717, 1.165) is 44.8 Å². The van der Waals surface area contributed by atoms with Crippen LogP contribution in [-0.4, -0.2) is 30.6 Å². The first-order chi connectivity index (χ1) is 10.2. The van der Waals surface area contributed by atoms with E-state index in [4.69, 9.17) is 0 Å². The molecule has 3 rings (SSSR count). The molecule has 1 saturated heterocycles. The number of rotatable bonds is 2. The van der Waals surface area contributed by atoms with Gasteiger partial charge >= 0.3 is 6.03 Å². The van der Waals surface area contributed by atoms with Gasteiger partial charge in [-0.25, -0.2) is 4.79 Å². The van der Waals surface area contributed by atoms with Crippen molar-refractivity contribution in [3.63, 3.8) is 0 Å². The molecule has 0 aliphatic carbocycles. The quantitative estimate of drug-likeness (QED) is 0.878. The molecule has 0 atom stereocenters. The summed E-state index contributed by atoms with van der Waals surface area (Å²) in [6, 6.07) is 6.46. The van der Waals surface area contributed by atoms with Crippen LogP contribution in [0.4, 0.5) is 10.5 Å². The van der Waals surface area contributed by atoms with Gasteiger partial charge in [0.2, 0.25) is 0 Å². The highest BCUT2D eigenvalue weighted by atomic mass is 16.2. The summed E-state index contributed by atoms with van der Waals surface area (Å²) in [5.74, 6) is 0.749. The molecule has 0 bridgehead atoms. The van der Waals surface area contributed by atoms with Gasteiger partial charge in [0.25, 0.3) is 0 Å². The number of piperidine rings is 1. The van der Waals surface area contributed by atoms with Gasteiger partial charge in [-0.05, 0) is 42.7 Å². The van der Waals surface area contributed by atoms with Crippen molar-refractivity contribution >= 4 is 11.7 Å². The molecule has 2 heterocycles. The number of nitrogens with one attached hydrogen (secondary N) is 2. The normalized spacial score (nSPS) is 18.8. The summed E-state index contributed by atoms with van der Waals surface area (Å²) in [5, 5.41) is 6.56. The number of carbonyl (C=O) groups is 1. The van der Waals surface area contributed by atoms with Crippen molar-refractivity contribution in [3.8, 4) is 0 Å². The number of likely N-dealkylation sites (tertiary alicyclic amines) is 1. The van der Waals surface area contributed by atoms with E-state index < -0.39 is 0 Å². The minimum atomic E-state index is 0.0790. The van der Waals surface area contributed by atoms with Gasteiger partial charge in [0.05, 0.1) is 0 Å². The Hall–Kier alpha value is -1.71. The van der Waals surface area contributed by atoms with Gasteiger partial charge in [-0.15, -0.1) is 0 Å². The van der Waals surface area contributed by atoms with Crippen molar-refractivity contribution in [2.45, 2.75) is 39.2 Å². The molecule has 0 radical (unpaired) electrons. The topological polar surface area (TPSA) is 44.4 Å². The average molecular weight is 287 g/mol. The molecule has 2 amide bonds. The zero-order valence-electron chi connectivity index (χ0n) is 12.8. The summed E-state index contributed by atoms with van der Waals surface area (Å²) in [6.45, 7) is 5.68. The fourth-order valence-corrected chi connectivity index (χ4v) is 3.22. The van der Waals surface area contributed by atoms with Crippen molar-refractivity contribution in [3.05, 3.63) is 29.3 Å². The highest BCUT2D eigenvalue weighted by Gasteiger charge is 2.20. The number of amides is 2. The Bertz CT molecular complexity index is 507. The zero-order chi connectivity index (χ0) is 14.7. The summed E-state index contributed by atoms with van der Waals surface area (Å²) in [6.07, 6.45) is 4.56. The first-order valence-corrected chi connectivity index (χ1v) is 8.11. The molecule has 0 spiro atoms. The third kappa shape index (κ3) is 3.31. The summed E-state index contributed by atoms with van der Waals surface area (Å²) in [5.41, 5.74) is 3.81. The number of hydrogen-bond donors (Lipinski definition) is 2. The van der Waals surface area contributed by atoms with E-state index in [9.17, 15) is 4.79 Å². The van der Waals surface area contributed by atoms with E-state index in [1.54, 1.807) is 0 Å². The molecule has 114 valence electrons. The van der Waals surface area contributed by atoms with Gasteiger partial charge in [0.15, 0.2) is 0 Å². The van der Waals surface area contributed by atoms with Crippen LogP contribution in [0.1, 0.15) is 37.3 Å². The molecule has 0 unspecified atom stereocenters. The van der Waals surface area contributed by atoms with Crippen molar-refractivity contribution in [1.82, 2.24) is 10.2 Å². The molecule has 0 aromatic heterocycles. The second kappa shape index (κ2) is 6.37. The maximum absolute atomic E-state index is 12.2. The fraction of sp³-hybridized carbons (Fsp3) is 0.588. The predicted octanol–water partition coefficient (Wildman–Crippen LogP) is 2.99. The standard InChI is InChI=1S/C17H25N3O/c1-13-7-10-20(11-8-13)17(21)19-12-15-5-2-4-14-6-3-9-18-16(14)15/h2,4-5,13,18H,3,6-12H2,1H3,(H,19,21). The van der Waals surface area contributed by atoms with Gasteiger partial charge < -0.3 is 15.5 Å². The number of anilines is 1. The highest BCUT2D eigenvalue weighted by molar-refractivity contribution is 5.74. The maximum atomic E-state index is 12.2. The summed E-state index contributed by atoms with van der Waals surface area (Å²) < 4.78 is 0. The lowest BCUT2D eigenvalue weighted by Gasteiger charge is -2.30. The molecule has 21 heavy (non-hydrogen) atoms. The van der Waals surface area contributed by atoms with Crippen molar-refractivity contribution in [2.24, 2.45) is 5.92 Å². The molecule has 2 aliphatic rings. The van der Waals surface area contributed by atoms with Crippen LogP contribution in [-0.2, 0) is 13.0 Å². The molecule has 2 aliphatic heterocycles. The monoisotopic (exact) mass is 287 g/mol. The van der Waals surface area contributed by atoms with Crippen LogP contribution in [0.25, 0.3) is 0 Å². The van der Waals surface area contributed by atoms with Crippen LogP contribution >= 0.6 is 0 Å². The van der Waals surface area contributed by atoms with Gasteiger partial charge in [0.1, 0.15) is 0 Å². The van der Waals surface area contributed by atoms with Gasteiger partial charge in [-0.3, -0.25) is 0 Å². The number of fused-ring (bicyclic) bond motifs is 1. The van der Waals surface area contributed by atoms with Crippen LogP contribution in [0.5, 0.6) is 0 Å². The third-order valence-corrected chi connectivity index (χ3v) is 4.66. The van der Waals surface area contributed by atoms with Crippen molar-refractivity contribution in [1.29, 1.82) is 0 Å². The summed E-state index contributed by atoms with van der Waals surface area (Å²) in [4.78, 5) is 14.2. The largest absolute Gasteiger partial charge is 0.385 e. The molecule has 1 aromatic rings. The second-order valence-corrected chi connectivity index (χ2v) is 6.31. The number of aryl methyl sites for hydroxylation is 1. The first-order valence-electron chi connectivity index (χ1n) is 8.11. The van der Waals surface area contributed by atoms with Crippen molar-refractivity contribution in [2.75, 3.05) is 25.0 Å². The molecule has 4 heteroatoms. The SMILES string of the molecule is CC1CCN(C(=O)NCc2cccc3c2NCCC3)CC1. The number of carbonyl (C=O) groups excluding carboxylic acids is 1. The van der Waals surface area contributed by atoms with Crippen LogP contribution < -0.4 is 10.6 Å². The maximum Gasteiger partial charge on any atom is 0.317 e. The number of hydrogen-bond acceptors (Lipinski definition) is 2. The first kappa shape index (κ1) is 14.2. The third-order valence-electron chi connectivity index (χ3n) is 4.66.